The number of phosphoric ester groups is 1. The number of ether oxygens (including phenoxy) is 2. The zero-order chi connectivity index (χ0) is 41.4. The van der Waals surface area contributed by atoms with Gasteiger partial charge in [0.25, 0.3) is 11.1 Å². The van der Waals surface area contributed by atoms with E-state index in [-0.39, 0.29) is 66.7 Å². The molecule has 0 radical (unpaired) electrons. The first-order valence-corrected chi connectivity index (χ1v) is 26.1. The molecule has 0 aromatic carbocycles. The summed E-state index contributed by atoms with van der Waals surface area (Å²) in [4.78, 5) is 57.0. The van der Waals surface area contributed by atoms with Crippen LogP contribution in [0.2, 0.25) is 36.3 Å². The molecule has 8 bridgehead atoms. The van der Waals surface area contributed by atoms with Gasteiger partial charge in [0, 0.05) is 30.8 Å². The minimum atomic E-state index is -4.52. The van der Waals surface area contributed by atoms with E-state index in [0.29, 0.717) is 0 Å². The molecule has 56 heavy (non-hydrogen) atoms. The first-order chi connectivity index (χ1) is 25.9. The first kappa shape index (κ1) is 44.1. The molecule has 0 saturated carbocycles. The van der Waals surface area contributed by atoms with Crippen molar-refractivity contribution in [1.82, 2.24) is 19.1 Å². The molecule has 0 aliphatic carbocycles. The van der Waals surface area contributed by atoms with Crippen molar-refractivity contribution in [3.05, 3.63) is 71.3 Å². The number of fused-ring (bicyclic) bond motifs is 10. The number of H-pyrrole nitrogens is 2. The highest BCUT2D eigenvalue weighted by Crippen LogP contribution is 2.54. The van der Waals surface area contributed by atoms with E-state index < -0.39 is 83.8 Å². The Morgan fingerprint density at radius 1 is 0.893 bits per heavy atom. The fraction of sp³-hybridized carbons (Fsp3) is 0.694. The third-order valence-electron chi connectivity index (χ3n) is 11.4. The fourth-order valence-electron chi connectivity index (χ4n) is 6.00. The summed E-state index contributed by atoms with van der Waals surface area (Å²) < 4.78 is 61.2. The summed E-state index contributed by atoms with van der Waals surface area (Å²) in [5.41, 5.74) is -2.43. The van der Waals surface area contributed by atoms with E-state index in [2.05, 4.69) is 77.7 Å². The second-order valence-electron chi connectivity index (χ2n) is 17.5. The van der Waals surface area contributed by atoms with Gasteiger partial charge in [-0.2, -0.15) is 5.26 Å². The van der Waals surface area contributed by atoms with Crippen LogP contribution in [0.15, 0.2) is 37.6 Å². The lowest BCUT2D eigenvalue weighted by atomic mass is 10.1. The van der Waals surface area contributed by atoms with Gasteiger partial charge >= 0.3 is 19.2 Å². The zero-order valence-electron chi connectivity index (χ0n) is 33.9. The third-order valence-corrected chi connectivity index (χ3v) is 21.9. The highest BCUT2D eigenvalue weighted by Gasteiger charge is 2.49. The van der Waals surface area contributed by atoms with Crippen LogP contribution >= 0.6 is 7.82 Å². The van der Waals surface area contributed by atoms with Gasteiger partial charge in [0.05, 0.1) is 44.0 Å². The smallest absolute Gasteiger partial charge is 0.414 e. The topological polar surface area (TPSA) is 215 Å². The number of aromatic nitrogens is 4. The number of nitrogens with zero attached hydrogens (tertiary/aromatic N) is 3. The van der Waals surface area contributed by atoms with Gasteiger partial charge in [-0.15, -0.1) is 0 Å². The summed E-state index contributed by atoms with van der Waals surface area (Å²) in [6, 6.07) is 1.96. The SMILES string of the molecule is CC(C)(C)[Si](C)(C)OC[C@H]1O[C@@H]2C[C@@H]1OP(=O)(OCCC#N)OC[C@H]1O[C@H](C[C@@H]1O[Si](C)(C)C(C)(C)C)n1cc(c(=O)[nH]c1=O)C=CCc1cn2c(=O)[nH]c1=O. The molecule has 20 heteroatoms. The van der Waals surface area contributed by atoms with E-state index in [1.165, 1.54) is 27.6 Å². The Hall–Kier alpha value is -3.03. The predicted molar refractivity (Wildman–Crippen MR) is 212 cm³/mol. The monoisotopic (exact) mass is 837 g/mol. The van der Waals surface area contributed by atoms with Gasteiger partial charge in [-0.05, 0) is 42.7 Å². The largest absolute Gasteiger partial charge is 0.475 e. The van der Waals surface area contributed by atoms with Crippen LogP contribution in [0, 0.1) is 11.3 Å². The Bertz CT molecular complexity index is 2110. The summed E-state index contributed by atoms with van der Waals surface area (Å²) in [6.45, 7) is 20.2. The average molecular weight is 838 g/mol. The van der Waals surface area contributed by atoms with Crippen LogP contribution in [0.25, 0.3) is 6.08 Å². The number of nitriles is 1. The molecule has 5 rings (SSSR count). The minimum Gasteiger partial charge on any atom is -0.414 e. The molecule has 0 spiro atoms. The van der Waals surface area contributed by atoms with E-state index in [1.54, 1.807) is 6.08 Å². The molecule has 17 nitrogen and oxygen atoms in total. The second kappa shape index (κ2) is 16.7. The van der Waals surface area contributed by atoms with Crippen LogP contribution in [-0.2, 0) is 42.9 Å². The maximum Gasteiger partial charge on any atom is 0.475 e. The van der Waals surface area contributed by atoms with Crippen molar-refractivity contribution < 1.29 is 36.5 Å². The summed E-state index contributed by atoms with van der Waals surface area (Å²) in [6.07, 6.45) is 0.627. The molecule has 2 N–H and O–H groups in total. The molecule has 2 fully saturated rings. The van der Waals surface area contributed by atoms with Crippen molar-refractivity contribution in [3.63, 3.8) is 0 Å². The molecule has 2 saturated heterocycles. The molecule has 1 unspecified atom stereocenters. The number of hydrogen-bond acceptors (Lipinski definition) is 13. The maximum atomic E-state index is 14.6. The third kappa shape index (κ3) is 9.97. The predicted octanol–water partition coefficient (Wildman–Crippen LogP) is 5.08. The van der Waals surface area contributed by atoms with E-state index in [0.717, 1.165) is 0 Å². The van der Waals surface area contributed by atoms with Crippen LogP contribution in [0.3, 0.4) is 0 Å². The van der Waals surface area contributed by atoms with E-state index in [4.69, 9.17) is 31.9 Å². The van der Waals surface area contributed by atoms with Crippen LogP contribution < -0.4 is 22.5 Å². The molecule has 0 amide bonds. The van der Waals surface area contributed by atoms with Crippen molar-refractivity contribution in [2.24, 2.45) is 0 Å². The molecule has 3 aliphatic heterocycles. The number of hydrogen-bond donors (Lipinski definition) is 2. The van der Waals surface area contributed by atoms with Crippen molar-refractivity contribution in [3.8, 4) is 6.07 Å². The Balaban J connectivity index is 1.60. The lowest BCUT2D eigenvalue weighted by Gasteiger charge is -2.39. The van der Waals surface area contributed by atoms with Crippen LogP contribution in [0.1, 0.15) is 84.4 Å². The molecular weight excluding hydrogens is 782 g/mol. The highest BCUT2D eigenvalue weighted by atomic mass is 31.2. The van der Waals surface area contributed by atoms with Gasteiger partial charge < -0.3 is 18.3 Å². The van der Waals surface area contributed by atoms with Gasteiger partial charge in [0.2, 0.25) is 0 Å². The molecule has 2 aromatic heterocycles. The number of rotatable bonds is 8. The van der Waals surface area contributed by atoms with Gasteiger partial charge in [-0.1, -0.05) is 53.7 Å². The summed E-state index contributed by atoms with van der Waals surface area (Å²) >= 11 is 0. The molecule has 7 atom stereocenters. The number of phosphoric acid groups is 1. The van der Waals surface area contributed by atoms with Gasteiger partial charge in [-0.25, -0.2) is 14.2 Å². The van der Waals surface area contributed by atoms with Crippen molar-refractivity contribution in [2.75, 3.05) is 19.8 Å². The normalized spacial score (nSPS) is 27.7. The van der Waals surface area contributed by atoms with Crippen LogP contribution in [0.5, 0.6) is 0 Å². The van der Waals surface area contributed by atoms with Gasteiger partial charge in [0.1, 0.15) is 30.8 Å². The average Bonchev–Trinajstić information content (AvgIpc) is 3.66. The molecule has 3 aliphatic rings. The Morgan fingerprint density at radius 3 is 2.16 bits per heavy atom. The number of aromatic amines is 2. The lowest BCUT2D eigenvalue weighted by molar-refractivity contribution is -0.0578. The second-order valence-corrected chi connectivity index (χ2v) is 28.7. The van der Waals surface area contributed by atoms with E-state index in [9.17, 15) is 29.0 Å². The maximum absolute atomic E-state index is 14.6. The summed E-state index contributed by atoms with van der Waals surface area (Å²) in [5.74, 6) is 0. The molecular formula is C36H56N5O12PSi2. The molecule has 310 valence electrons. The van der Waals surface area contributed by atoms with Gasteiger partial charge in [0.15, 0.2) is 16.6 Å². The standard InChI is InChI=1S/C36H56N5O12PSi2/c1-35(2,3)55(7,8)49-22-28-25-17-29(51-28)40-19-23(31(42)38-33(40)44)13-11-14-24-20-41(34(45)39-32(24)43)30-18-26(53-56(9,10)36(4,5)6)27(50-30)21-48-54(46,52-25)47-16-12-15-37/h11,14,19-20,25-30H,12-13,16-18,21-22H2,1-10H3,(H,38,42,44)(H,39,43,45)/t25-,26-,27+,28+,29+,30+,54?/m0/s1. The number of nitrogens with one attached hydrogen (secondary N) is 2. The quantitative estimate of drug-likeness (QED) is 0.202. The first-order valence-electron chi connectivity index (χ1n) is 18.9. The van der Waals surface area contributed by atoms with Crippen molar-refractivity contribution >= 4 is 30.5 Å². The summed E-state index contributed by atoms with van der Waals surface area (Å²) in [7, 11) is -9.32. The number of allylic oxidation sites excluding steroid dienone is 1. The van der Waals surface area contributed by atoms with Crippen molar-refractivity contribution in [2.45, 2.75) is 140 Å². The summed E-state index contributed by atoms with van der Waals surface area (Å²) in [5, 5.41) is 8.93. The van der Waals surface area contributed by atoms with E-state index >= 15 is 0 Å². The fourth-order valence-corrected chi connectivity index (χ4v) is 9.77. The molecule has 5 heterocycles. The van der Waals surface area contributed by atoms with E-state index in [1.807, 2.05) is 6.07 Å². The van der Waals surface area contributed by atoms with Gasteiger partial charge in [-0.3, -0.25) is 42.3 Å². The lowest BCUT2D eigenvalue weighted by Crippen LogP contribution is -2.46. The Kier molecular flexibility index (Phi) is 13.1. The minimum absolute atomic E-state index is 0.00897. The Labute approximate surface area is 328 Å². The zero-order valence-corrected chi connectivity index (χ0v) is 36.8. The Morgan fingerprint density at radius 2 is 1.52 bits per heavy atom. The highest BCUT2D eigenvalue weighted by molar-refractivity contribution is 7.48. The van der Waals surface area contributed by atoms with Crippen LogP contribution in [0.4, 0.5) is 0 Å². The van der Waals surface area contributed by atoms with Crippen molar-refractivity contribution in [1.29, 1.82) is 5.26 Å². The molecule has 2 aromatic rings. The van der Waals surface area contributed by atoms with Crippen LogP contribution in [-0.4, -0.2) is 80.0 Å².